The van der Waals surface area contributed by atoms with E-state index in [4.69, 9.17) is 0 Å². The molecule has 1 aliphatic rings. The normalized spacial score (nSPS) is 19.2. The molecule has 0 aromatic heterocycles. The third kappa shape index (κ3) is 2.31. The molecule has 1 amide bonds. The summed E-state index contributed by atoms with van der Waals surface area (Å²) in [6.07, 6.45) is 4.85. The molecule has 0 bridgehead atoms. The molecule has 0 aliphatic carbocycles. The molecule has 0 radical (unpaired) electrons. The maximum Gasteiger partial charge on any atom is 0.245 e. The lowest BCUT2D eigenvalue weighted by Crippen LogP contribution is -2.37. The van der Waals surface area contributed by atoms with Crippen LogP contribution in [0.5, 0.6) is 0 Å². The third-order valence-corrected chi connectivity index (χ3v) is 3.10. The van der Waals surface area contributed by atoms with E-state index in [9.17, 15) is 4.79 Å². The SMILES string of the molecule is C=CC(=O)N1CCC(CP)CC1. The summed E-state index contributed by atoms with van der Waals surface area (Å²) in [5.74, 6) is 0.876. The molecule has 1 heterocycles. The maximum absolute atomic E-state index is 11.2. The Hall–Kier alpha value is -0.360. The van der Waals surface area contributed by atoms with Gasteiger partial charge in [-0.15, -0.1) is 9.24 Å². The highest BCUT2D eigenvalue weighted by Crippen LogP contribution is 2.18. The van der Waals surface area contributed by atoms with E-state index >= 15 is 0 Å². The van der Waals surface area contributed by atoms with Crippen molar-refractivity contribution in [3.05, 3.63) is 12.7 Å². The first-order valence-corrected chi connectivity index (χ1v) is 5.21. The molecule has 0 N–H and O–H groups in total. The number of carbonyl (C=O) groups is 1. The molecule has 1 rings (SSSR count). The summed E-state index contributed by atoms with van der Waals surface area (Å²) < 4.78 is 0. The van der Waals surface area contributed by atoms with E-state index in [2.05, 4.69) is 15.8 Å². The molecule has 1 saturated heterocycles. The second-order valence-corrected chi connectivity index (χ2v) is 3.68. The van der Waals surface area contributed by atoms with Crippen molar-refractivity contribution < 1.29 is 4.79 Å². The Bertz CT molecular complexity index is 173. The van der Waals surface area contributed by atoms with E-state index in [-0.39, 0.29) is 5.91 Å². The number of amides is 1. The van der Waals surface area contributed by atoms with Crippen LogP contribution in [0.4, 0.5) is 0 Å². The average molecular weight is 185 g/mol. The quantitative estimate of drug-likeness (QED) is 0.469. The Labute approximate surface area is 76.2 Å². The lowest BCUT2D eigenvalue weighted by atomic mass is 9.99. The van der Waals surface area contributed by atoms with Crippen molar-refractivity contribution in [3.63, 3.8) is 0 Å². The van der Waals surface area contributed by atoms with Crippen molar-refractivity contribution in [1.29, 1.82) is 0 Å². The van der Waals surface area contributed by atoms with Crippen LogP contribution in [-0.4, -0.2) is 30.1 Å². The largest absolute Gasteiger partial charge is 0.339 e. The van der Waals surface area contributed by atoms with Gasteiger partial charge in [0.1, 0.15) is 0 Å². The number of piperidine rings is 1. The standard InChI is InChI=1S/C9H16NOP/c1-2-9(11)10-5-3-8(7-12)4-6-10/h2,8H,1,3-7,12H2. The van der Waals surface area contributed by atoms with Crippen molar-refractivity contribution in [2.24, 2.45) is 5.92 Å². The molecule has 1 unspecified atom stereocenters. The first-order chi connectivity index (χ1) is 5.77. The molecule has 0 spiro atoms. The minimum Gasteiger partial charge on any atom is -0.339 e. The molecule has 2 nitrogen and oxygen atoms in total. The summed E-state index contributed by atoms with van der Waals surface area (Å²) in [5.41, 5.74) is 0. The van der Waals surface area contributed by atoms with Crippen molar-refractivity contribution in [3.8, 4) is 0 Å². The average Bonchev–Trinajstić information content (AvgIpc) is 2.17. The molecular formula is C9H16NOP. The number of rotatable bonds is 2. The van der Waals surface area contributed by atoms with E-state index in [1.54, 1.807) is 0 Å². The van der Waals surface area contributed by atoms with Crippen LogP contribution in [0, 0.1) is 5.92 Å². The molecule has 1 aliphatic heterocycles. The van der Waals surface area contributed by atoms with Gasteiger partial charge in [-0.3, -0.25) is 4.79 Å². The number of hydrogen-bond donors (Lipinski definition) is 0. The molecule has 0 saturated carbocycles. The molecule has 1 fully saturated rings. The van der Waals surface area contributed by atoms with Gasteiger partial charge in [0.05, 0.1) is 0 Å². The van der Waals surface area contributed by atoms with Crippen LogP contribution in [0.2, 0.25) is 0 Å². The van der Waals surface area contributed by atoms with Crippen molar-refractivity contribution in [2.45, 2.75) is 12.8 Å². The number of likely N-dealkylation sites (tertiary alicyclic amines) is 1. The third-order valence-electron chi connectivity index (χ3n) is 2.43. The highest BCUT2D eigenvalue weighted by Gasteiger charge is 2.19. The molecular weight excluding hydrogens is 169 g/mol. The number of hydrogen-bond acceptors (Lipinski definition) is 1. The Balaban J connectivity index is 2.35. The molecule has 0 aromatic rings. The first kappa shape index (κ1) is 9.73. The number of carbonyl (C=O) groups excluding carboxylic acids is 1. The van der Waals surface area contributed by atoms with Gasteiger partial charge in [-0.25, -0.2) is 0 Å². The minimum absolute atomic E-state index is 0.0807. The van der Waals surface area contributed by atoms with Crippen LogP contribution < -0.4 is 0 Å². The molecule has 12 heavy (non-hydrogen) atoms. The van der Waals surface area contributed by atoms with Crippen molar-refractivity contribution in [2.75, 3.05) is 19.3 Å². The predicted octanol–water partition coefficient (Wildman–Crippen LogP) is 1.29. The monoisotopic (exact) mass is 185 g/mol. The molecule has 1 atom stereocenters. The lowest BCUT2D eigenvalue weighted by Gasteiger charge is -2.30. The van der Waals surface area contributed by atoms with Crippen LogP contribution >= 0.6 is 9.24 Å². The Kier molecular flexibility index (Phi) is 3.74. The smallest absolute Gasteiger partial charge is 0.245 e. The summed E-state index contributed by atoms with van der Waals surface area (Å²) in [4.78, 5) is 13.0. The fraction of sp³-hybridized carbons (Fsp3) is 0.667. The second kappa shape index (κ2) is 4.61. The van der Waals surface area contributed by atoms with E-state index in [0.717, 1.165) is 38.0 Å². The topological polar surface area (TPSA) is 20.3 Å². The van der Waals surface area contributed by atoms with Crippen LogP contribution in [0.15, 0.2) is 12.7 Å². The zero-order valence-electron chi connectivity index (χ0n) is 7.33. The number of nitrogens with zero attached hydrogens (tertiary/aromatic N) is 1. The lowest BCUT2D eigenvalue weighted by molar-refractivity contribution is -0.127. The summed E-state index contributed by atoms with van der Waals surface area (Å²) in [6.45, 7) is 5.29. The zero-order chi connectivity index (χ0) is 8.97. The van der Waals surface area contributed by atoms with E-state index in [1.165, 1.54) is 6.08 Å². The maximum atomic E-state index is 11.2. The van der Waals surface area contributed by atoms with Gasteiger partial charge in [-0.05, 0) is 31.0 Å². The minimum atomic E-state index is 0.0807. The van der Waals surface area contributed by atoms with Gasteiger partial charge in [-0.1, -0.05) is 6.58 Å². The van der Waals surface area contributed by atoms with Crippen LogP contribution in [0.25, 0.3) is 0 Å². The van der Waals surface area contributed by atoms with Crippen molar-refractivity contribution >= 4 is 15.1 Å². The van der Waals surface area contributed by atoms with Crippen molar-refractivity contribution in [1.82, 2.24) is 4.90 Å². The first-order valence-electron chi connectivity index (χ1n) is 4.39. The Morgan fingerprint density at radius 2 is 2.17 bits per heavy atom. The van der Waals surface area contributed by atoms with Crippen LogP contribution in [0.1, 0.15) is 12.8 Å². The van der Waals surface area contributed by atoms with Gasteiger partial charge < -0.3 is 4.90 Å². The summed E-state index contributed by atoms with van der Waals surface area (Å²) in [6, 6.07) is 0. The van der Waals surface area contributed by atoms with E-state index in [1.807, 2.05) is 4.90 Å². The zero-order valence-corrected chi connectivity index (χ0v) is 8.48. The van der Waals surface area contributed by atoms with Gasteiger partial charge in [0.25, 0.3) is 0 Å². The molecule has 68 valence electrons. The Morgan fingerprint density at radius 1 is 1.58 bits per heavy atom. The van der Waals surface area contributed by atoms with Crippen LogP contribution in [-0.2, 0) is 4.79 Å². The van der Waals surface area contributed by atoms with Gasteiger partial charge >= 0.3 is 0 Å². The van der Waals surface area contributed by atoms with Crippen LogP contribution in [0.3, 0.4) is 0 Å². The highest BCUT2D eigenvalue weighted by molar-refractivity contribution is 7.16. The van der Waals surface area contributed by atoms with Gasteiger partial charge in [0, 0.05) is 13.1 Å². The van der Waals surface area contributed by atoms with Gasteiger partial charge in [0.15, 0.2) is 0 Å². The predicted molar refractivity (Wildman–Crippen MR) is 54.1 cm³/mol. The second-order valence-electron chi connectivity index (χ2n) is 3.21. The Morgan fingerprint density at radius 3 is 2.58 bits per heavy atom. The van der Waals surface area contributed by atoms with E-state index in [0.29, 0.717) is 0 Å². The molecule has 3 heteroatoms. The highest BCUT2D eigenvalue weighted by atomic mass is 31.0. The van der Waals surface area contributed by atoms with Gasteiger partial charge in [-0.2, -0.15) is 0 Å². The fourth-order valence-corrected chi connectivity index (χ4v) is 1.99. The molecule has 0 aromatic carbocycles. The summed E-state index contributed by atoms with van der Waals surface area (Å²) in [5, 5.41) is 0. The van der Waals surface area contributed by atoms with Gasteiger partial charge in [0.2, 0.25) is 5.91 Å². The summed E-state index contributed by atoms with van der Waals surface area (Å²) in [7, 11) is 2.77. The summed E-state index contributed by atoms with van der Waals surface area (Å²) >= 11 is 0. The van der Waals surface area contributed by atoms with E-state index < -0.39 is 0 Å². The fourth-order valence-electron chi connectivity index (χ4n) is 1.52.